The zero-order valence-corrected chi connectivity index (χ0v) is 14.8. The number of nitrogens with zero attached hydrogens (tertiary/aromatic N) is 2. The van der Waals surface area contributed by atoms with Crippen LogP contribution in [0.2, 0.25) is 0 Å². The molecule has 0 aromatic heterocycles. The van der Waals surface area contributed by atoms with Crippen molar-refractivity contribution in [1.82, 2.24) is 4.90 Å². The van der Waals surface area contributed by atoms with Gasteiger partial charge in [-0.15, -0.1) is 0 Å². The largest absolute Gasteiger partial charge is 0.493 e. The van der Waals surface area contributed by atoms with Gasteiger partial charge in [-0.25, -0.2) is 9.38 Å². The Kier molecular flexibility index (Phi) is 5.98. The molecule has 0 saturated heterocycles. The first-order valence-electron chi connectivity index (χ1n) is 7.09. The van der Waals surface area contributed by atoms with E-state index in [2.05, 4.69) is 20.9 Å². The Morgan fingerprint density at radius 2 is 1.96 bits per heavy atom. The van der Waals surface area contributed by atoms with Crippen molar-refractivity contribution in [3.05, 3.63) is 46.7 Å². The fraction of sp³-hybridized carbons (Fsp3) is 0.235. The lowest BCUT2D eigenvalue weighted by Gasteiger charge is -2.13. The molecule has 0 N–H and O–H groups in total. The van der Waals surface area contributed by atoms with E-state index in [0.29, 0.717) is 17.2 Å². The van der Waals surface area contributed by atoms with Crippen LogP contribution in [0.25, 0.3) is 0 Å². The highest BCUT2D eigenvalue weighted by atomic mass is 79.9. The molecule has 4 nitrogen and oxygen atoms in total. The molecule has 0 aliphatic carbocycles. The Balaban J connectivity index is 2.33. The van der Waals surface area contributed by atoms with Gasteiger partial charge in [0.25, 0.3) is 0 Å². The van der Waals surface area contributed by atoms with E-state index in [0.717, 1.165) is 11.0 Å². The second-order valence-corrected chi connectivity index (χ2v) is 5.66. The molecule has 122 valence electrons. The minimum Gasteiger partial charge on any atom is -0.493 e. The second kappa shape index (κ2) is 7.97. The van der Waals surface area contributed by atoms with E-state index < -0.39 is 5.82 Å². The molecule has 2 aromatic carbocycles. The number of hydrogen-bond donors (Lipinski definition) is 0. The molecule has 0 saturated carbocycles. The van der Waals surface area contributed by atoms with E-state index in [-0.39, 0.29) is 5.75 Å². The van der Waals surface area contributed by atoms with Gasteiger partial charge in [0, 0.05) is 30.2 Å². The topological polar surface area (TPSA) is 34.1 Å². The summed E-state index contributed by atoms with van der Waals surface area (Å²) in [7, 11) is 3.47. The Hall–Kier alpha value is -2.08. The average molecular weight is 381 g/mol. The monoisotopic (exact) mass is 380 g/mol. The number of benzene rings is 2. The van der Waals surface area contributed by atoms with Gasteiger partial charge in [-0.3, -0.25) is 0 Å². The lowest BCUT2D eigenvalue weighted by molar-refractivity contribution is 0.371. The predicted molar refractivity (Wildman–Crippen MR) is 93.6 cm³/mol. The zero-order chi connectivity index (χ0) is 16.8. The molecule has 0 aliphatic rings. The summed E-state index contributed by atoms with van der Waals surface area (Å²) in [6.07, 6.45) is 1.73. The van der Waals surface area contributed by atoms with Crippen molar-refractivity contribution in [3.63, 3.8) is 0 Å². The van der Waals surface area contributed by atoms with Crippen molar-refractivity contribution in [3.8, 4) is 17.2 Å². The number of halogens is 2. The van der Waals surface area contributed by atoms with Gasteiger partial charge >= 0.3 is 0 Å². The molecule has 0 bridgehead atoms. The quantitative estimate of drug-likeness (QED) is 0.522. The molecule has 0 fully saturated rings. The van der Waals surface area contributed by atoms with E-state index in [4.69, 9.17) is 9.47 Å². The molecule has 23 heavy (non-hydrogen) atoms. The van der Waals surface area contributed by atoms with E-state index in [1.165, 1.54) is 13.2 Å². The molecule has 2 aromatic rings. The number of methoxy groups -OCH3 is 1. The Morgan fingerprint density at radius 1 is 1.22 bits per heavy atom. The maximum Gasteiger partial charge on any atom is 0.170 e. The molecule has 0 aliphatic heterocycles. The summed E-state index contributed by atoms with van der Waals surface area (Å²) < 4.78 is 25.4. The van der Waals surface area contributed by atoms with Crippen molar-refractivity contribution in [2.45, 2.75) is 6.92 Å². The summed E-state index contributed by atoms with van der Waals surface area (Å²) in [4.78, 5) is 6.34. The normalized spacial score (nSPS) is 10.8. The van der Waals surface area contributed by atoms with Crippen LogP contribution in [-0.2, 0) is 0 Å². The lowest BCUT2D eigenvalue weighted by atomic mass is 10.2. The van der Waals surface area contributed by atoms with Crippen molar-refractivity contribution in [2.24, 2.45) is 4.99 Å². The van der Waals surface area contributed by atoms with Gasteiger partial charge in [0.2, 0.25) is 0 Å². The standard InChI is InChI=1S/C17H18BrFN2O2/c1-4-21(2)11-20-14-10-16(22-3)17(9-12(14)18)23-15-8-6-5-7-13(15)19/h5-11H,4H2,1-3H3. The first kappa shape index (κ1) is 17.3. The Bertz CT molecular complexity index is 707. The lowest BCUT2D eigenvalue weighted by Crippen LogP contribution is -2.14. The molecule has 0 unspecified atom stereocenters. The third-order valence-electron chi connectivity index (χ3n) is 3.18. The van der Waals surface area contributed by atoms with Crippen molar-refractivity contribution >= 4 is 28.0 Å². The number of aliphatic imine (C=N–C) groups is 1. The van der Waals surface area contributed by atoms with E-state index in [1.807, 2.05) is 18.9 Å². The number of hydrogen-bond acceptors (Lipinski definition) is 3. The molecule has 0 amide bonds. The van der Waals surface area contributed by atoms with Crippen LogP contribution < -0.4 is 9.47 Å². The van der Waals surface area contributed by atoms with Gasteiger partial charge in [0.05, 0.1) is 19.1 Å². The second-order valence-electron chi connectivity index (χ2n) is 4.80. The molecule has 2 rings (SSSR count). The number of para-hydroxylation sites is 1. The van der Waals surface area contributed by atoms with Crippen molar-refractivity contribution in [1.29, 1.82) is 0 Å². The minimum absolute atomic E-state index is 0.139. The van der Waals surface area contributed by atoms with Crippen LogP contribution in [0.3, 0.4) is 0 Å². The highest BCUT2D eigenvalue weighted by molar-refractivity contribution is 9.10. The summed E-state index contributed by atoms with van der Waals surface area (Å²) in [6, 6.07) is 9.67. The van der Waals surface area contributed by atoms with Gasteiger partial charge in [-0.2, -0.15) is 0 Å². The van der Waals surface area contributed by atoms with E-state index in [1.54, 1.807) is 36.7 Å². The minimum atomic E-state index is -0.433. The maximum atomic E-state index is 13.7. The summed E-state index contributed by atoms with van der Waals surface area (Å²) in [5, 5.41) is 0. The van der Waals surface area contributed by atoms with Gasteiger partial charge < -0.3 is 14.4 Å². The summed E-state index contributed by atoms with van der Waals surface area (Å²) in [5.41, 5.74) is 0.697. The highest BCUT2D eigenvalue weighted by Crippen LogP contribution is 2.40. The highest BCUT2D eigenvalue weighted by Gasteiger charge is 2.12. The molecule has 6 heteroatoms. The maximum absolute atomic E-state index is 13.7. The van der Waals surface area contributed by atoms with E-state index >= 15 is 0 Å². The molecular formula is C17H18BrFN2O2. The first-order chi connectivity index (χ1) is 11.0. The molecule has 0 heterocycles. The summed E-state index contributed by atoms with van der Waals surface area (Å²) >= 11 is 3.45. The van der Waals surface area contributed by atoms with Crippen molar-refractivity contribution < 1.29 is 13.9 Å². The average Bonchev–Trinajstić information content (AvgIpc) is 2.55. The van der Waals surface area contributed by atoms with Crippen molar-refractivity contribution in [2.75, 3.05) is 20.7 Å². The molecule has 0 spiro atoms. The van der Waals surface area contributed by atoms with Crippen LogP contribution in [0, 0.1) is 5.82 Å². The Morgan fingerprint density at radius 3 is 2.61 bits per heavy atom. The van der Waals surface area contributed by atoms with Crippen LogP contribution in [-0.4, -0.2) is 31.9 Å². The Labute approximate surface area is 143 Å². The van der Waals surface area contributed by atoms with Gasteiger partial charge in [0.1, 0.15) is 0 Å². The van der Waals surface area contributed by atoms with Gasteiger partial charge in [-0.1, -0.05) is 12.1 Å². The van der Waals surface area contributed by atoms with Gasteiger partial charge in [0.15, 0.2) is 23.1 Å². The van der Waals surface area contributed by atoms with E-state index in [9.17, 15) is 4.39 Å². The van der Waals surface area contributed by atoms with Crippen LogP contribution in [0.15, 0.2) is 45.9 Å². The smallest absolute Gasteiger partial charge is 0.170 e. The summed E-state index contributed by atoms with van der Waals surface area (Å²) in [6.45, 7) is 2.89. The number of ether oxygens (including phenoxy) is 2. The third-order valence-corrected chi connectivity index (χ3v) is 3.82. The molecule has 0 radical (unpaired) electrons. The summed E-state index contributed by atoms with van der Waals surface area (Å²) in [5.74, 6) is 0.590. The third kappa shape index (κ3) is 4.45. The van der Waals surface area contributed by atoms with Crippen LogP contribution in [0.5, 0.6) is 17.2 Å². The first-order valence-corrected chi connectivity index (χ1v) is 7.88. The van der Waals surface area contributed by atoms with Crippen LogP contribution in [0.4, 0.5) is 10.1 Å². The SMILES string of the molecule is CCN(C)C=Nc1cc(OC)c(Oc2ccccc2F)cc1Br. The predicted octanol–water partition coefficient (Wildman–Crippen LogP) is 5.00. The molecular weight excluding hydrogens is 363 g/mol. The van der Waals surface area contributed by atoms with Gasteiger partial charge in [-0.05, 0) is 35.0 Å². The van der Waals surface area contributed by atoms with Crippen LogP contribution in [0.1, 0.15) is 6.92 Å². The fourth-order valence-corrected chi connectivity index (χ4v) is 2.18. The fourth-order valence-electron chi connectivity index (χ4n) is 1.75. The van der Waals surface area contributed by atoms with Crippen LogP contribution >= 0.6 is 15.9 Å². The number of rotatable bonds is 6. The molecule has 0 atom stereocenters. The zero-order valence-electron chi connectivity index (χ0n) is 13.2.